The number of piperidine rings is 1. The second kappa shape index (κ2) is 7.40. The van der Waals surface area contributed by atoms with Gasteiger partial charge >= 0.3 is 0 Å². The second-order valence-electron chi connectivity index (χ2n) is 6.16. The lowest BCUT2D eigenvalue weighted by Crippen LogP contribution is -2.52. The summed E-state index contributed by atoms with van der Waals surface area (Å²) in [4.78, 5) is 13.9. The van der Waals surface area contributed by atoms with Crippen molar-refractivity contribution in [2.75, 3.05) is 13.1 Å². The number of sulfonamides is 1. The van der Waals surface area contributed by atoms with E-state index in [1.165, 1.54) is 18.2 Å². The number of benzene rings is 1. The molecule has 128 valence electrons. The zero-order valence-corrected chi connectivity index (χ0v) is 14.3. The lowest BCUT2D eigenvalue weighted by atomic mass is 10.0. The molecule has 0 aromatic heterocycles. The molecule has 23 heavy (non-hydrogen) atoms. The Morgan fingerprint density at radius 3 is 2.35 bits per heavy atom. The molecule has 2 rings (SSSR count). The molecule has 1 saturated heterocycles. The van der Waals surface area contributed by atoms with Gasteiger partial charge in [-0.1, -0.05) is 26.0 Å². The van der Waals surface area contributed by atoms with E-state index in [-0.39, 0.29) is 11.8 Å². The van der Waals surface area contributed by atoms with Crippen molar-refractivity contribution in [3.63, 3.8) is 0 Å². The van der Waals surface area contributed by atoms with Gasteiger partial charge in [0.15, 0.2) is 0 Å². The molecule has 0 aliphatic carbocycles. The Labute approximate surface area is 136 Å². The summed E-state index contributed by atoms with van der Waals surface area (Å²) in [6, 6.07) is 4.27. The molecule has 0 spiro atoms. The van der Waals surface area contributed by atoms with E-state index in [1.807, 2.05) is 0 Å². The Bertz CT molecular complexity index is 655. The molecule has 1 aliphatic heterocycles. The Hall–Kier alpha value is -1.47. The Morgan fingerprint density at radius 2 is 1.78 bits per heavy atom. The topological polar surface area (TPSA) is 66.5 Å². The number of carbonyl (C=O) groups is 1. The van der Waals surface area contributed by atoms with Crippen LogP contribution in [0.3, 0.4) is 0 Å². The minimum atomic E-state index is -4.09. The fourth-order valence-electron chi connectivity index (χ4n) is 2.68. The highest BCUT2D eigenvalue weighted by atomic mass is 32.2. The van der Waals surface area contributed by atoms with Gasteiger partial charge in [0, 0.05) is 13.1 Å². The quantitative estimate of drug-likeness (QED) is 0.891. The van der Waals surface area contributed by atoms with Crippen molar-refractivity contribution >= 4 is 15.9 Å². The molecule has 1 amide bonds. The highest BCUT2D eigenvalue weighted by molar-refractivity contribution is 7.89. The molecule has 5 nitrogen and oxygen atoms in total. The summed E-state index contributed by atoms with van der Waals surface area (Å²) in [5, 5.41) is 0. The van der Waals surface area contributed by atoms with Gasteiger partial charge in [-0.2, -0.15) is 4.72 Å². The van der Waals surface area contributed by atoms with E-state index in [0.717, 1.165) is 25.3 Å². The van der Waals surface area contributed by atoms with Crippen molar-refractivity contribution in [1.82, 2.24) is 9.62 Å². The predicted octanol–water partition coefficient (Wildman–Crippen LogP) is 2.14. The average molecular weight is 342 g/mol. The molecule has 7 heteroatoms. The molecule has 1 aromatic rings. The van der Waals surface area contributed by atoms with Crippen LogP contribution in [0.4, 0.5) is 4.39 Å². The highest BCUT2D eigenvalue weighted by Crippen LogP contribution is 2.18. The summed E-state index contributed by atoms with van der Waals surface area (Å²) >= 11 is 0. The van der Waals surface area contributed by atoms with Gasteiger partial charge < -0.3 is 4.90 Å². The van der Waals surface area contributed by atoms with Crippen LogP contribution in [0.5, 0.6) is 0 Å². The summed E-state index contributed by atoms with van der Waals surface area (Å²) in [7, 11) is -4.09. The maximum Gasteiger partial charge on any atom is 0.244 e. The smallest absolute Gasteiger partial charge is 0.244 e. The SMILES string of the molecule is CC(C)[C@H](NS(=O)(=O)c1ccccc1F)C(=O)N1CCCCC1. The van der Waals surface area contributed by atoms with E-state index in [9.17, 15) is 17.6 Å². The van der Waals surface area contributed by atoms with Crippen LogP contribution in [0, 0.1) is 11.7 Å². The molecule has 0 radical (unpaired) electrons. The second-order valence-corrected chi connectivity index (χ2v) is 7.84. The first kappa shape index (κ1) is 17.9. The molecule has 0 bridgehead atoms. The predicted molar refractivity (Wildman–Crippen MR) is 85.8 cm³/mol. The summed E-state index contributed by atoms with van der Waals surface area (Å²) in [6.45, 7) is 4.83. The van der Waals surface area contributed by atoms with Crippen molar-refractivity contribution < 1.29 is 17.6 Å². The van der Waals surface area contributed by atoms with Crippen molar-refractivity contribution in [3.05, 3.63) is 30.1 Å². The lowest BCUT2D eigenvalue weighted by molar-refractivity contribution is -0.134. The average Bonchev–Trinajstić information content (AvgIpc) is 2.53. The molecule has 1 aliphatic rings. The molecular weight excluding hydrogens is 319 g/mol. The van der Waals surface area contributed by atoms with Crippen molar-refractivity contribution in [1.29, 1.82) is 0 Å². The fourth-order valence-corrected chi connectivity index (χ4v) is 4.09. The van der Waals surface area contributed by atoms with Gasteiger partial charge in [-0.25, -0.2) is 12.8 Å². The Morgan fingerprint density at radius 1 is 1.17 bits per heavy atom. The largest absolute Gasteiger partial charge is 0.341 e. The molecule has 0 saturated carbocycles. The zero-order valence-electron chi connectivity index (χ0n) is 13.5. The van der Waals surface area contributed by atoms with Crippen molar-refractivity contribution in [3.8, 4) is 0 Å². The minimum absolute atomic E-state index is 0.231. The third-order valence-electron chi connectivity index (χ3n) is 4.01. The molecule has 1 atom stereocenters. The number of hydrogen-bond acceptors (Lipinski definition) is 3. The van der Waals surface area contributed by atoms with E-state index in [4.69, 9.17) is 0 Å². The van der Waals surface area contributed by atoms with Crippen LogP contribution >= 0.6 is 0 Å². The van der Waals surface area contributed by atoms with Crippen molar-refractivity contribution in [2.45, 2.75) is 44.0 Å². The van der Waals surface area contributed by atoms with Crippen LogP contribution < -0.4 is 4.72 Å². The first-order valence-corrected chi connectivity index (χ1v) is 9.37. The number of likely N-dealkylation sites (tertiary alicyclic amines) is 1. The van der Waals surface area contributed by atoms with Gasteiger partial charge in [0.05, 0.1) is 0 Å². The molecule has 0 unspecified atom stereocenters. The molecule has 1 fully saturated rings. The summed E-state index contributed by atoms with van der Waals surface area (Å²) < 4.78 is 41.0. The molecule has 1 heterocycles. The standard InChI is InChI=1S/C16H23FN2O3S/c1-12(2)15(16(20)19-10-6-3-7-11-19)18-23(21,22)14-9-5-4-8-13(14)17/h4-5,8-9,12,15,18H,3,6-7,10-11H2,1-2H3/t15-/m0/s1. The van der Waals surface area contributed by atoms with E-state index in [1.54, 1.807) is 18.7 Å². The summed E-state index contributed by atoms with van der Waals surface area (Å²) in [6.07, 6.45) is 2.93. The number of rotatable bonds is 5. The van der Waals surface area contributed by atoms with Gasteiger partial charge in [-0.15, -0.1) is 0 Å². The van der Waals surface area contributed by atoms with Crippen LogP contribution in [-0.4, -0.2) is 38.4 Å². The van der Waals surface area contributed by atoms with Gasteiger partial charge in [0.2, 0.25) is 15.9 Å². The number of carbonyl (C=O) groups excluding carboxylic acids is 1. The lowest BCUT2D eigenvalue weighted by Gasteiger charge is -2.32. The van der Waals surface area contributed by atoms with Gasteiger partial charge in [0.25, 0.3) is 0 Å². The van der Waals surface area contributed by atoms with E-state index in [0.29, 0.717) is 13.1 Å². The third kappa shape index (κ3) is 4.29. The maximum absolute atomic E-state index is 13.8. The Balaban J connectivity index is 2.22. The Kier molecular flexibility index (Phi) is 5.75. The zero-order chi connectivity index (χ0) is 17.0. The first-order valence-electron chi connectivity index (χ1n) is 7.88. The first-order chi connectivity index (χ1) is 10.8. The number of amides is 1. The summed E-state index contributed by atoms with van der Waals surface area (Å²) in [5.74, 6) is -1.29. The third-order valence-corrected chi connectivity index (χ3v) is 5.48. The fraction of sp³-hybridized carbons (Fsp3) is 0.562. The maximum atomic E-state index is 13.8. The van der Waals surface area contributed by atoms with Crippen LogP contribution in [0.25, 0.3) is 0 Å². The van der Waals surface area contributed by atoms with Gasteiger partial charge in [0.1, 0.15) is 16.8 Å². The van der Waals surface area contributed by atoms with Crippen LogP contribution in [0.15, 0.2) is 29.2 Å². The van der Waals surface area contributed by atoms with Crippen molar-refractivity contribution in [2.24, 2.45) is 5.92 Å². The minimum Gasteiger partial charge on any atom is -0.341 e. The molecular formula is C16H23FN2O3S. The van der Waals surface area contributed by atoms with Gasteiger partial charge in [-0.05, 0) is 37.3 Å². The highest BCUT2D eigenvalue weighted by Gasteiger charge is 2.32. The van der Waals surface area contributed by atoms with E-state index >= 15 is 0 Å². The normalized spacial score (nSPS) is 17.3. The van der Waals surface area contributed by atoms with E-state index in [2.05, 4.69) is 4.72 Å². The van der Waals surface area contributed by atoms with Crippen LogP contribution in [0.1, 0.15) is 33.1 Å². The molecule has 1 aromatic carbocycles. The number of nitrogens with zero attached hydrogens (tertiary/aromatic N) is 1. The number of hydrogen-bond donors (Lipinski definition) is 1. The molecule has 1 N–H and O–H groups in total. The monoisotopic (exact) mass is 342 g/mol. The number of nitrogens with one attached hydrogen (secondary N) is 1. The van der Waals surface area contributed by atoms with E-state index < -0.39 is 26.8 Å². The van der Waals surface area contributed by atoms with Crippen LogP contribution in [0.2, 0.25) is 0 Å². The van der Waals surface area contributed by atoms with Gasteiger partial charge in [-0.3, -0.25) is 4.79 Å². The number of halogens is 1. The summed E-state index contributed by atoms with van der Waals surface area (Å²) in [5.41, 5.74) is 0. The van der Waals surface area contributed by atoms with Crippen LogP contribution in [-0.2, 0) is 14.8 Å².